The normalized spacial score (nSPS) is 15.1. The molecular formula is C19H18F3N3O2. The molecule has 142 valence electrons. The van der Waals surface area contributed by atoms with Gasteiger partial charge in [0.05, 0.1) is 11.8 Å². The van der Waals surface area contributed by atoms with E-state index < -0.39 is 24.0 Å². The molecule has 2 aromatic carbocycles. The highest BCUT2D eigenvalue weighted by Crippen LogP contribution is 2.38. The minimum atomic E-state index is -4.27. The smallest absolute Gasteiger partial charge is 0.325 e. The predicted octanol–water partition coefficient (Wildman–Crippen LogP) is 4.67. The molecule has 0 aliphatic carbocycles. The number of carbonyl (C=O) groups excluding carboxylic acids is 2. The maximum absolute atomic E-state index is 12.4. The molecule has 1 aliphatic heterocycles. The number of amides is 3. The van der Waals surface area contributed by atoms with E-state index in [-0.39, 0.29) is 11.5 Å². The van der Waals surface area contributed by atoms with Crippen molar-refractivity contribution in [3.63, 3.8) is 0 Å². The Hall–Kier alpha value is -3.03. The van der Waals surface area contributed by atoms with Gasteiger partial charge in [0.25, 0.3) is 0 Å². The van der Waals surface area contributed by atoms with Gasteiger partial charge in [0.1, 0.15) is 0 Å². The lowest BCUT2D eigenvalue weighted by Crippen LogP contribution is -2.26. The first-order valence-corrected chi connectivity index (χ1v) is 8.24. The van der Waals surface area contributed by atoms with E-state index in [0.29, 0.717) is 17.1 Å². The third-order valence-electron chi connectivity index (χ3n) is 4.38. The van der Waals surface area contributed by atoms with Crippen molar-refractivity contribution in [2.45, 2.75) is 31.9 Å². The molecule has 0 bridgehead atoms. The molecule has 5 nitrogen and oxygen atoms in total. The molecule has 0 unspecified atom stereocenters. The summed E-state index contributed by atoms with van der Waals surface area (Å²) < 4.78 is 37.1. The van der Waals surface area contributed by atoms with Crippen LogP contribution in [0.4, 0.5) is 35.0 Å². The highest BCUT2D eigenvalue weighted by atomic mass is 19.4. The van der Waals surface area contributed by atoms with Gasteiger partial charge in [0, 0.05) is 17.1 Å². The van der Waals surface area contributed by atoms with E-state index in [1.54, 1.807) is 18.2 Å². The zero-order chi connectivity index (χ0) is 19.8. The number of alkyl halides is 3. The van der Waals surface area contributed by atoms with Gasteiger partial charge in [-0.3, -0.25) is 4.79 Å². The lowest BCUT2D eigenvalue weighted by molar-refractivity contribution is -0.127. The van der Waals surface area contributed by atoms with Crippen LogP contribution in [0.2, 0.25) is 0 Å². The van der Waals surface area contributed by atoms with Crippen molar-refractivity contribution < 1.29 is 22.8 Å². The van der Waals surface area contributed by atoms with Gasteiger partial charge in [-0.2, -0.15) is 13.2 Å². The van der Waals surface area contributed by atoms with Crippen LogP contribution in [0.3, 0.4) is 0 Å². The summed E-state index contributed by atoms with van der Waals surface area (Å²) in [4.78, 5) is 24.1. The van der Waals surface area contributed by atoms with Gasteiger partial charge >= 0.3 is 12.2 Å². The lowest BCUT2D eigenvalue weighted by atomic mass is 9.86. The summed E-state index contributed by atoms with van der Waals surface area (Å²) in [6.07, 6.45) is -5.29. The number of halogens is 3. The number of nitrogens with one attached hydrogen (secondary N) is 3. The van der Waals surface area contributed by atoms with Crippen LogP contribution < -0.4 is 16.0 Å². The molecule has 3 N–H and O–H groups in total. The Morgan fingerprint density at radius 1 is 1.04 bits per heavy atom. The lowest BCUT2D eigenvalue weighted by Gasteiger charge is -2.15. The van der Waals surface area contributed by atoms with Crippen molar-refractivity contribution in [1.82, 2.24) is 0 Å². The first kappa shape index (κ1) is 18.8. The van der Waals surface area contributed by atoms with Crippen molar-refractivity contribution >= 4 is 29.0 Å². The fourth-order valence-electron chi connectivity index (χ4n) is 2.90. The Kier molecular flexibility index (Phi) is 4.59. The van der Waals surface area contributed by atoms with Crippen molar-refractivity contribution in [3.8, 4) is 0 Å². The number of anilines is 3. The number of benzene rings is 2. The number of hydrogen-bond acceptors (Lipinski definition) is 2. The van der Waals surface area contributed by atoms with Gasteiger partial charge in [-0.1, -0.05) is 18.2 Å². The molecular weight excluding hydrogens is 359 g/mol. The Bertz CT molecular complexity index is 890. The van der Waals surface area contributed by atoms with Crippen LogP contribution in [0, 0.1) is 0 Å². The molecule has 8 heteroatoms. The second-order valence-electron chi connectivity index (χ2n) is 6.91. The van der Waals surface area contributed by atoms with E-state index in [1.807, 2.05) is 13.8 Å². The average Bonchev–Trinajstić information content (AvgIpc) is 2.77. The van der Waals surface area contributed by atoms with Crippen molar-refractivity contribution in [1.29, 1.82) is 0 Å². The largest absolute Gasteiger partial charge is 0.393 e. The summed E-state index contributed by atoms with van der Waals surface area (Å²) in [6, 6.07) is 10.0. The topological polar surface area (TPSA) is 70.2 Å². The van der Waals surface area contributed by atoms with Crippen LogP contribution in [0.25, 0.3) is 0 Å². The Labute approximate surface area is 154 Å². The molecule has 0 radical (unpaired) electrons. The zero-order valence-electron chi connectivity index (χ0n) is 14.7. The van der Waals surface area contributed by atoms with E-state index in [2.05, 4.69) is 16.0 Å². The van der Waals surface area contributed by atoms with Gasteiger partial charge in [-0.15, -0.1) is 0 Å². The van der Waals surface area contributed by atoms with Gasteiger partial charge in [-0.25, -0.2) is 4.79 Å². The molecule has 0 atom stereocenters. The number of hydrogen-bond donors (Lipinski definition) is 3. The molecule has 3 rings (SSSR count). The molecule has 0 spiro atoms. The summed E-state index contributed by atoms with van der Waals surface area (Å²) in [6.45, 7) is 3.63. The maximum Gasteiger partial charge on any atom is 0.393 e. The summed E-state index contributed by atoms with van der Waals surface area (Å²) in [5.41, 5.74) is 1.82. The molecule has 1 aliphatic rings. The van der Waals surface area contributed by atoms with Crippen molar-refractivity contribution in [2.24, 2.45) is 0 Å². The number of fused-ring (bicyclic) bond motifs is 1. The second kappa shape index (κ2) is 6.61. The van der Waals surface area contributed by atoms with Crippen LogP contribution in [0.5, 0.6) is 0 Å². The number of rotatable bonds is 3. The minimum absolute atomic E-state index is 0.113. The molecule has 0 aromatic heterocycles. The number of urea groups is 1. The fraction of sp³-hybridized carbons (Fsp3) is 0.263. The summed E-state index contributed by atoms with van der Waals surface area (Å²) in [7, 11) is 0. The van der Waals surface area contributed by atoms with E-state index in [4.69, 9.17) is 0 Å². The molecule has 2 aromatic rings. The van der Waals surface area contributed by atoms with Crippen LogP contribution >= 0.6 is 0 Å². The van der Waals surface area contributed by atoms with Crippen LogP contribution in [-0.4, -0.2) is 18.1 Å². The average molecular weight is 377 g/mol. The standard InChI is InChI=1S/C19H18F3N3O2/c1-18(2)14-8-7-13(9-15(14)25-16(18)26)24-17(27)23-12-5-3-11(4-6-12)10-19(20,21)22/h3-9H,10H2,1-2H3,(H,25,26)(H2,23,24,27). The molecule has 0 saturated heterocycles. The SMILES string of the molecule is CC1(C)C(=O)Nc2cc(NC(=O)Nc3ccc(CC(F)(F)F)cc3)ccc21. The second-order valence-corrected chi connectivity index (χ2v) is 6.91. The Morgan fingerprint density at radius 2 is 1.63 bits per heavy atom. The molecule has 1 heterocycles. The third-order valence-corrected chi connectivity index (χ3v) is 4.38. The zero-order valence-corrected chi connectivity index (χ0v) is 14.7. The Morgan fingerprint density at radius 3 is 2.26 bits per heavy atom. The first-order chi connectivity index (χ1) is 12.5. The quantitative estimate of drug-likeness (QED) is 0.728. The van der Waals surface area contributed by atoms with Crippen LogP contribution in [-0.2, 0) is 16.6 Å². The molecule has 27 heavy (non-hydrogen) atoms. The van der Waals surface area contributed by atoms with Crippen LogP contribution in [0.1, 0.15) is 25.0 Å². The van der Waals surface area contributed by atoms with Gasteiger partial charge < -0.3 is 16.0 Å². The van der Waals surface area contributed by atoms with Crippen molar-refractivity contribution in [3.05, 3.63) is 53.6 Å². The Balaban J connectivity index is 1.64. The summed E-state index contributed by atoms with van der Waals surface area (Å²) >= 11 is 0. The van der Waals surface area contributed by atoms with E-state index in [1.165, 1.54) is 24.3 Å². The first-order valence-electron chi connectivity index (χ1n) is 8.24. The molecule has 3 amide bonds. The highest BCUT2D eigenvalue weighted by molar-refractivity contribution is 6.07. The van der Waals surface area contributed by atoms with Gasteiger partial charge in [0.2, 0.25) is 5.91 Å². The summed E-state index contributed by atoms with van der Waals surface area (Å²) in [5, 5.41) is 7.96. The van der Waals surface area contributed by atoms with Gasteiger partial charge in [-0.05, 0) is 49.2 Å². The fourth-order valence-corrected chi connectivity index (χ4v) is 2.90. The predicted molar refractivity (Wildman–Crippen MR) is 96.9 cm³/mol. The van der Waals surface area contributed by atoms with E-state index >= 15 is 0 Å². The monoisotopic (exact) mass is 377 g/mol. The minimum Gasteiger partial charge on any atom is -0.325 e. The van der Waals surface area contributed by atoms with Gasteiger partial charge in [0.15, 0.2) is 0 Å². The molecule has 0 fully saturated rings. The van der Waals surface area contributed by atoms with Crippen LogP contribution in [0.15, 0.2) is 42.5 Å². The summed E-state index contributed by atoms with van der Waals surface area (Å²) in [5.74, 6) is -0.113. The van der Waals surface area contributed by atoms with E-state index in [9.17, 15) is 22.8 Å². The van der Waals surface area contributed by atoms with Crippen molar-refractivity contribution in [2.75, 3.05) is 16.0 Å². The number of carbonyl (C=O) groups is 2. The molecule has 0 saturated carbocycles. The van der Waals surface area contributed by atoms with E-state index in [0.717, 1.165) is 5.56 Å². The maximum atomic E-state index is 12.4. The highest BCUT2D eigenvalue weighted by Gasteiger charge is 2.38. The third kappa shape index (κ3) is 4.21.